The summed E-state index contributed by atoms with van der Waals surface area (Å²) in [5.74, 6) is 0. The lowest BCUT2D eigenvalue weighted by Crippen LogP contribution is -2.10. The SMILES string of the molecule is c1ccc(N(c2ccc(-c3cccc4sc5c6cccnc6ccc5c34)cc2)c2ccc3c4ccccc4n(-c4ccc5ccccc5c4)c3c2)cc1. The summed E-state index contributed by atoms with van der Waals surface area (Å²) in [7, 11) is 0. The molecule has 0 amide bonds. The Balaban J connectivity index is 1.07. The van der Waals surface area contributed by atoms with Gasteiger partial charge in [-0.05, 0) is 101 Å². The molecule has 0 atom stereocenters. The zero-order valence-electron chi connectivity index (χ0n) is 28.6. The van der Waals surface area contributed by atoms with Crippen LogP contribution in [0.25, 0.3) is 80.5 Å². The van der Waals surface area contributed by atoms with E-state index in [1.54, 1.807) is 0 Å². The Morgan fingerprint density at radius 2 is 1.21 bits per heavy atom. The fourth-order valence-corrected chi connectivity index (χ4v) is 9.43. The van der Waals surface area contributed by atoms with E-state index < -0.39 is 0 Å². The van der Waals surface area contributed by atoms with Crippen LogP contribution in [-0.2, 0) is 0 Å². The predicted octanol–water partition coefficient (Wildman–Crippen LogP) is 14.0. The van der Waals surface area contributed by atoms with Gasteiger partial charge in [0.25, 0.3) is 0 Å². The maximum Gasteiger partial charge on any atom is 0.0716 e. The molecule has 4 heteroatoms. The second-order valence-electron chi connectivity index (χ2n) is 13.6. The number of nitrogens with zero attached hydrogens (tertiary/aromatic N) is 3. The van der Waals surface area contributed by atoms with Gasteiger partial charge in [0.15, 0.2) is 0 Å². The number of thiophene rings is 1. The van der Waals surface area contributed by atoms with Crippen molar-refractivity contribution in [2.24, 2.45) is 0 Å². The maximum absolute atomic E-state index is 4.62. The van der Waals surface area contributed by atoms with Gasteiger partial charge in [0, 0.05) is 65.3 Å². The molecule has 3 heterocycles. The van der Waals surface area contributed by atoms with E-state index in [-0.39, 0.29) is 0 Å². The van der Waals surface area contributed by atoms with Crippen LogP contribution >= 0.6 is 11.3 Å². The van der Waals surface area contributed by atoms with Crippen molar-refractivity contribution in [2.75, 3.05) is 4.90 Å². The van der Waals surface area contributed by atoms with Crippen LogP contribution in [0.15, 0.2) is 188 Å². The molecule has 53 heavy (non-hydrogen) atoms. The summed E-state index contributed by atoms with van der Waals surface area (Å²) in [5, 5.41) is 8.75. The molecule has 0 spiro atoms. The summed E-state index contributed by atoms with van der Waals surface area (Å²) in [6, 6.07) is 66.0. The second kappa shape index (κ2) is 11.9. The van der Waals surface area contributed by atoms with Crippen LogP contribution < -0.4 is 4.90 Å². The molecule has 0 fully saturated rings. The molecular formula is C49H31N3S. The Hall–Kier alpha value is -6.75. The van der Waals surface area contributed by atoms with Crippen molar-refractivity contribution in [1.82, 2.24) is 9.55 Å². The Morgan fingerprint density at radius 3 is 2.11 bits per heavy atom. The first-order valence-corrected chi connectivity index (χ1v) is 18.8. The van der Waals surface area contributed by atoms with Crippen LogP contribution in [0.2, 0.25) is 0 Å². The molecule has 11 rings (SSSR count). The lowest BCUT2D eigenvalue weighted by molar-refractivity contribution is 1.18. The van der Waals surface area contributed by atoms with Gasteiger partial charge in [-0.1, -0.05) is 103 Å². The molecule has 8 aromatic carbocycles. The number of pyridine rings is 1. The van der Waals surface area contributed by atoms with Crippen molar-refractivity contribution in [2.45, 2.75) is 0 Å². The number of fused-ring (bicyclic) bond motifs is 9. The normalized spacial score (nSPS) is 11.8. The van der Waals surface area contributed by atoms with Crippen LogP contribution in [0.1, 0.15) is 0 Å². The molecule has 0 N–H and O–H groups in total. The number of rotatable bonds is 5. The highest BCUT2D eigenvalue weighted by Gasteiger charge is 2.19. The minimum absolute atomic E-state index is 1.04. The van der Waals surface area contributed by atoms with Gasteiger partial charge >= 0.3 is 0 Å². The number of hydrogen-bond acceptors (Lipinski definition) is 3. The molecule has 248 valence electrons. The molecule has 0 unspecified atom stereocenters. The number of anilines is 3. The molecule has 0 aliphatic heterocycles. The molecule has 0 bridgehead atoms. The first-order valence-electron chi connectivity index (χ1n) is 18.0. The molecule has 3 nitrogen and oxygen atoms in total. The van der Waals surface area contributed by atoms with Crippen LogP contribution in [0.3, 0.4) is 0 Å². The lowest BCUT2D eigenvalue weighted by atomic mass is 9.98. The number of benzene rings is 8. The summed E-state index contributed by atoms with van der Waals surface area (Å²) < 4.78 is 5.00. The third-order valence-corrected chi connectivity index (χ3v) is 11.8. The number of hydrogen-bond donors (Lipinski definition) is 0. The highest BCUT2D eigenvalue weighted by molar-refractivity contribution is 7.26. The monoisotopic (exact) mass is 693 g/mol. The number of aromatic nitrogens is 2. The zero-order valence-corrected chi connectivity index (χ0v) is 29.5. The Labute approximate surface area is 310 Å². The zero-order chi connectivity index (χ0) is 34.9. The Bertz CT molecular complexity index is 3170. The first kappa shape index (κ1) is 29.9. The average molecular weight is 694 g/mol. The molecule has 0 saturated carbocycles. The second-order valence-corrected chi connectivity index (χ2v) is 14.6. The predicted molar refractivity (Wildman–Crippen MR) is 227 cm³/mol. The standard InChI is InChI=1S/C49H31N3S/c1-2-12-35(13-3-1)51(36-22-20-33(21-23-36)39-15-8-18-47-48(39)43-27-28-44-42(49(43)53-47)16-9-29-50-44)38-25-26-41-40-14-6-7-17-45(40)52(46(41)31-38)37-24-19-32-10-4-5-11-34(32)30-37/h1-31H. The summed E-state index contributed by atoms with van der Waals surface area (Å²) >= 11 is 1.85. The summed E-state index contributed by atoms with van der Waals surface area (Å²) in [6.07, 6.45) is 1.87. The van der Waals surface area contributed by atoms with E-state index >= 15 is 0 Å². The van der Waals surface area contributed by atoms with Crippen molar-refractivity contribution in [3.8, 4) is 16.8 Å². The highest BCUT2D eigenvalue weighted by Crippen LogP contribution is 2.44. The lowest BCUT2D eigenvalue weighted by Gasteiger charge is -2.26. The third kappa shape index (κ3) is 4.77. The van der Waals surface area contributed by atoms with E-state index in [2.05, 4.69) is 190 Å². The molecular weight excluding hydrogens is 663 g/mol. The van der Waals surface area contributed by atoms with E-state index in [9.17, 15) is 0 Å². The van der Waals surface area contributed by atoms with Gasteiger partial charge in [-0.25, -0.2) is 0 Å². The summed E-state index contributed by atoms with van der Waals surface area (Å²) in [5.41, 5.74) is 10.3. The molecule has 0 radical (unpaired) electrons. The van der Waals surface area contributed by atoms with E-state index in [1.165, 1.54) is 69.3 Å². The van der Waals surface area contributed by atoms with Gasteiger partial charge in [0.2, 0.25) is 0 Å². The molecule has 3 aromatic heterocycles. The molecule has 11 aromatic rings. The topological polar surface area (TPSA) is 21.1 Å². The highest BCUT2D eigenvalue weighted by atomic mass is 32.1. The smallest absolute Gasteiger partial charge is 0.0716 e. The van der Waals surface area contributed by atoms with Crippen molar-refractivity contribution in [1.29, 1.82) is 0 Å². The van der Waals surface area contributed by atoms with Gasteiger partial charge in [-0.3, -0.25) is 4.98 Å². The fraction of sp³-hybridized carbons (Fsp3) is 0. The van der Waals surface area contributed by atoms with Gasteiger partial charge in [-0.2, -0.15) is 0 Å². The van der Waals surface area contributed by atoms with Crippen molar-refractivity contribution < 1.29 is 0 Å². The number of para-hydroxylation sites is 2. The third-order valence-electron chi connectivity index (χ3n) is 10.6. The van der Waals surface area contributed by atoms with Gasteiger partial charge in [-0.15, -0.1) is 11.3 Å². The average Bonchev–Trinajstić information content (AvgIpc) is 3.78. The fourth-order valence-electron chi connectivity index (χ4n) is 8.18. The van der Waals surface area contributed by atoms with Crippen LogP contribution in [0, 0.1) is 0 Å². The van der Waals surface area contributed by atoms with Crippen LogP contribution in [0.5, 0.6) is 0 Å². The Kier molecular flexibility index (Phi) is 6.73. The molecule has 0 aliphatic carbocycles. The summed E-state index contributed by atoms with van der Waals surface area (Å²) in [6.45, 7) is 0. The Morgan fingerprint density at radius 1 is 0.472 bits per heavy atom. The minimum Gasteiger partial charge on any atom is -0.310 e. The summed E-state index contributed by atoms with van der Waals surface area (Å²) in [4.78, 5) is 6.98. The molecule has 0 aliphatic rings. The van der Waals surface area contributed by atoms with Crippen molar-refractivity contribution in [3.05, 3.63) is 188 Å². The van der Waals surface area contributed by atoms with Gasteiger partial charge < -0.3 is 9.47 Å². The molecule has 0 saturated heterocycles. The van der Waals surface area contributed by atoms with E-state index in [4.69, 9.17) is 0 Å². The van der Waals surface area contributed by atoms with E-state index in [1.807, 2.05) is 23.6 Å². The van der Waals surface area contributed by atoms with Gasteiger partial charge in [0.1, 0.15) is 0 Å². The van der Waals surface area contributed by atoms with Crippen LogP contribution in [-0.4, -0.2) is 9.55 Å². The van der Waals surface area contributed by atoms with Crippen LogP contribution in [0.4, 0.5) is 17.1 Å². The van der Waals surface area contributed by atoms with Crippen molar-refractivity contribution in [3.63, 3.8) is 0 Å². The van der Waals surface area contributed by atoms with Gasteiger partial charge in [0.05, 0.1) is 16.6 Å². The minimum atomic E-state index is 1.04. The van der Waals surface area contributed by atoms with Crippen molar-refractivity contribution >= 4 is 92.1 Å². The maximum atomic E-state index is 4.62. The largest absolute Gasteiger partial charge is 0.310 e. The van der Waals surface area contributed by atoms with E-state index in [0.717, 1.165) is 28.3 Å². The quantitative estimate of drug-likeness (QED) is 0.179. The first-order chi connectivity index (χ1) is 26.3. The van der Waals surface area contributed by atoms with E-state index in [0.29, 0.717) is 0 Å².